The van der Waals surface area contributed by atoms with Crippen molar-refractivity contribution < 1.29 is 4.74 Å². The van der Waals surface area contributed by atoms with Crippen molar-refractivity contribution in [1.82, 2.24) is 4.98 Å². The lowest BCUT2D eigenvalue weighted by atomic mass is 10.3. The molecule has 1 aromatic rings. The number of nitrogen functional groups attached to an aromatic ring is 1. The van der Waals surface area contributed by atoms with E-state index in [4.69, 9.17) is 10.5 Å². The molecule has 1 heterocycles. The van der Waals surface area contributed by atoms with Crippen LogP contribution in [0.25, 0.3) is 0 Å². The standard InChI is InChI=1S/C14H23N3O/c1-3-9-17(11-5-6-11)13-8-7-12(15)14(16-13)18-10-4-2/h7-8,11H,3-6,9-10,15H2,1-2H3. The van der Waals surface area contributed by atoms with Crippen LogP contribution in [0, 0.1) is 0 Å². The SMILES string of the molecule is CCCOc1nc(N(CCC)C2CC2)ccc1N. The van der Waals surface area contributed by atoms with Crippen LogP contribution in [0.1, 0.15) is 39.5 Å². The highest BCUT2D eigenvalue weighted by Crippen LogP contribution is 2.32. The molecule has 1 aliphatic carbocycles. The molecule has 100 valence electrons. The van der Waals surface area contributed by atoms with Crippen molar-refractivity contribution in [3.05, 3.63) is 12.1 Å². The van der Waals surface area contributed by atoms with E-state index in [2.05, 4.69) is 23.7 Å². The minimum absolute atomic E-state index is 0.580. The molecule has 0 atom stereocenters. The van der Waals surface area contributed by atoms with Crippen molar-refractivity contribution in [2.45, 2.75) is 45.6 Å². The first kappa shape index (κ1) is 13.0. The Labute approximate surface area is 109 Å². The highest BCUT2D eigenvalue weighted by molar-refractivity contribution is 5.55. The molecule has 0 amide bonds. The van der Waals surface area contributed by atoms with Gasteiger partial charge in [0.15, 0.2) is 0 Å². The lowest BCUT2D eigenvalue weighted by Gasteiger charge is -2.23. The highest BCUT2D eigenvalue weighted by Gasteiger charge is 2.29. The van der Waals surface area contributed by atoms with Crippen LogP contribution in [0.4, 0.5) is 11.5 Å². The second kappa shape index (κ2) is 5.94. The molecule has 1 aliphatic rings. The Balaban J connectivity index is 2.15. The molecule has 4 nitrogen and oxygen atoms in total. The van der Waals surface area contributed by atoms with Crippen LogP contribution in [0.3, 0.4) is 0 Å². The number of aromatic nitrogens is 1. The lowest BCUT2D eigenvalue weighted by molar-refractivity contribution is 0.307. The van der Waals surface area contributed by atoms with Gasteiger partial charge in [0.2, 0.25) is 5.88 Å². The number of nitrogens with zero attached hydrogens (tertiary/aromatic N) is 2. The van der Waals surface area contributed by atoms with E-state index in [9.17, 15) is 0 Å². The molecule has 2 rings (SSSR count). The van der Waals surface area contributed by atoms with Gasteiger partial charge in [0.25, 0.3) is 0 Å². The maximum absolute atomic E-state index is 5.89. The van der Waals surface area contributed by atoms with Crippen molar-refractivity contribution in [1.29, 1.82) is 0 Å². The quantitative estimate of drug-likeness (QED) is 0.807. The monoisotopic (exact) mass is 249 g/mol. The molecule has 0 radical (unpaired) electrons. The van der Waals surface area contributed by atoms with E-state index in [-0.39, 0.29) is 0 Å². The summed E-state index contributed by atoms with van der Waals surface area (Å²) >= 11 is 0. The van der Waals surface area contributed by atoms with E-state index in [1.54, 1.807) is 0 Å². The van der Waals surface area contributed by atoms with Gasteiger partial charge >= 0.3 is 0 Å². The molecule has 2 N–H and O–H groups in total. The molecule has 0 saturated heterocycles. The first-order valence-corrected chi connectivity index (χ1v) is 6.92. The minimum atomic E-state index is 0.580. The summed E-state index contributed by atoms with van der Waals surface area (Å²) in [5.41, 5.74) is 6.51. The summed E-state index contributed by atoms with van der Waals surface area (Å²) in [5, 5.41) is 0. The minimum Gasteiger partial charge on any atom is -0.476 e. The van der Waals surface area contributed by atoms with Crippen LogP contribution in [0.2, 0.25) is 0 Å². The number of anilines is 2. The second-order valence-corrected chi connectivity index (χ2v) is 4.84. The predicted molar refractivity (Wildman–Crippen MR) is 75.1 cm³/mol. The summed E-state index contributed by atoms with van der Waals surface area (Å²) in [7, 11) is 0. The number of pyridine rings is 1. The fourth-order valence-corrected chi connectivity index (χ4v) is 2.03. The van der Waals surface area contributed by atoms with Crippen molar-refractivity contribution in [2.24, 2.45) is 0 Å². The zero-order valence-electron chi connectivity index (χ0n) is 11.4. The molecule has 0 bridgehead atoms. The molecular formula is C14H23N3O. The third kappa shape index (κ3) is 3.06. The Kier molecular flexibility index (Phi) is 4.28. The molecule has 4 heteroatoms. The maximum Gasteiger partial charge on any atom is 0.239 e. The Bertz CT molecular complexity index is 391. The maximum atomic E-state index is 5.89. The molecule has 0 unspecified atom stereocenters. The molecule has 1 fully saturated rings. The van der Waals surface area contributed by atoms with Crippen LogP contribution in [-0.4, -0.2) is 24.2 Å². The summed E-state index contributed by atoms with van der Waals surface area (Å²) < 4.78 is 5.59. The van der Waals surface area contributed by atoms with Crippen LogP contribution in [0.15, 0.2) is 12.1 Å². The summed E-state index contributed by atoms with van der Waals surface area (Å²) in [6, 6.07) is 4.57. The largest absolute Gasteiger partial charge is 0.476 e. The van der Waals surface area contributed by atoms with E-state index in [1.165, 1.54) is 12.8 Å². The van der Waals surface area contributed by atoms with Crippen LogP contribution in [0.5, 0.6) is 5.88 Å². The number of rotatable bonds is 7. The fourth-order valence-electron chi connectivity index (χ4n) is 2.03. The van der Waals surface area contributed by atoms with Crippen molar-refractivity contribution in [2.75, 3.05) is 23.8 Å². The van der Waals surface area contributed by atoms with Gasteiger partial charge in [-0.05, 0) is 37.8 Å². The van der Waals surface area contributed by atoms with Crippen molar-refractivity contribution >= 4 is 11.5 Å². The van der Waals surface area contributed by atoms with Gasteiger partial charge < -0.3 is 15.4 Å². The molecule has 0 spiro atoms. The molecule has 1 aromatic heterocycles. The summed E-state index contributed by atoms with van der Waals surface area (Å²) in [6.45, 7) is 5.99. The van der Waals surface area contributed by atoms with Crippen LogP contribution >= 0.6 is 0 Å². The van der Waals surface area contributed by atoms with Crippen LogP contribution in [-0.2, 0) is 0 Å². The molecular weight excluding hydrogens is 226 g/mol. The normalized spacial score (nSPS) is 14.6. The van der Waals surface area contributed by atoms with Crippen molar-refractivity contribution in [3.63, 3.8) is 0 Å². The van der Waals surface area contributed by atoms with E-state index >= 15 is 0 Å². The lowest BCUT2D eigenvalue weighted by Crippen LogP contribution is -2.27. The van der Waals surface area contributed by atoms with Gasteiger partial charge in [0.1, 0.15) is 5.82 Å². The Morgan fingerprint density at radius 2 is 2.11 bits per heavy atom. The second-order valence-electron chi connectivity index (χ2n) is 4.84. The molecule has 0 aliphatic heterocycles. The van der Waals surface area contributed by atoms with Gasteiger partial charge in [0, 0.05) is 12.6 Å². The topological polar surface area (TPSA) is 51.4 Å². The summed E-state index contributed by atoms with van der Waals surface area (Å²) in [4.78, 5) is 6.94. The van der Waals surface area contributed by atoms with Gasteiger partial charge in [-0.3, -0.25) is 0 Å². The third-order valence-corrected chi connectivity index (χ3v) is 3.06. The zero-order valence-corrected chi connectivity index (χ0v) is 11.4. The van der Waals surface area contributed by atoms with E-state index in [0.717, 1.165) is 25.2 Å². The van der Waals surface area contributed by atoms with Crippen molar-refractivity contribution in [3.8, 4) is 5.88 Å². The average Bonchev–Trinajstić information content (AvgIpc) is 3.19. The number of hydrogen-bond donors (Lipinski definition) is 1. The first-order chi connectivity index (χ1) is 8.76. The predicted octanol–water partition coefficient (Wildman–Crippen LogP) is 2.83. The van der Waals surface area contributed by atoms with Crippen LogP contribution < -0.4 is 15.4 Å². The zero-order chi connectivity index (χ0) is 13.0. The number of nitrogens with two attached hydrogens (primary N) is 1. The Morgan fingerprint density at radius 3 is 2.72 bits per heavy atom. The highest BCUT2D eigenvalue weighted by atomic mass is 16.5. The Hall–Kier alpha value is -1.45. The van der Waals surface area contributed by atoms with Gasteiger partial charge in [-0.15, -0.1) is 0 Å². The summed E-state index contributed by atoms with van der Waals surface area (Å²) in [5.74, 6) is 1.58. The van der Waals surface area contributed by atoms with E-state index in [1.807, 2.05) is 12.1 Å². The van der Waals surface area contributed by atoms with E-state index in [0.29, 0.717) is 24.2 Å². The molecule has 18 heavy (non-hydrogen) atoms. The smallest absolute Gasteiger partial charge is 0.239 e. The Morgan fingerprint density at radius 1 is 1.33 bits per heavy atom. The molecule has 0 aromatic carbocycles. The average molecular weight is 249 g/mol. The van der Waals surface area contributed by atoms with E-state index < -0.39 is 0 Å². The van der Waals surface area contributed by atoms with Gasteiger partial charge in [0.05, 0.1) is 12.3 Å². The van der Waals surface area contributed by atoms with Gasteiger partial charge in [-0.25, -0.2) is 0 Å². The number of ether oxygens (including phenoxy) is 1. The number of hydrogen-bond acceptors (Lipinski definition) is 4. The first-order valence-electron chi connectivity index (χ1n) is 6.92. The third-order valence-electron chi connectivity index (χ3n) is 3.06. The summed E-state index contributed by atoms with van der Waals surface area (Å²) in [6.07, 6.45) is 4.65. The van der Waals surface area contributed by atoms with Gasteiger partial charge in [-0.2, -0.15) is 4.98 Å². The van der Waals surface area contributed by atoms with Gasteiger partial charge in [-0.1, -0.05) is 13.8 Å². The fraction of sp³-hybridized carbons (Fsp3) is 0.643. The molecule has 1 saturated carbocycles.